The van der Waals surface area contributed by atoms with Crippen molar-refractivity contribution < 1.29 is 4.79 Å². The van der Waals surface area contributed by atoms with Crippen molar-refractivity contribution in [1.82, 2.24) is 24.5 Å². The van der Waals surface area contributed by atoms with Crippen molar-refractivity contribution in [3.05, 3.63) is 48.4 Å². The number of benzene rings is 1. The fourth-order valence-corrected chi connectivity index (χ4v) is 3.39. The van der Waals surface area contributed by atoms with Gasteiger partial charge in [-0.05, 0) is 30.4 Å². The van der Waals surface area contributed by atoms with Gasteiger partial charge in [-0.1, -0.05) is 23.4 Å². The highest BCUT2D eigenvalue weighted by atomic mass is 16.2. The highest BCUT2D eigenvalue weighted by Crippen LogP contribution is 2.39. The molecule has 1 aromatic carbocycles. The molecule has 2 fully saturated rings. The zero-order chi connectivity index (χ0) is 16.1. The molecule has 3 aromatic rings. The summed E-state index contributed by atoms with van der Waals surface area (Å²) in [5.41, 5.74) is 2.21. The van der Waals surface area contributed by atoms with Crippen LogP contribution in [0.25, 0.3) is 10.9 Å². The van der Waals surface area contributed by atoms with Crippen molar-refractivity contribution in [3.63, 3.8) is 0 Å². The van der Waals surface area contributed by atoms with Gasteiger partial charge in [0.2, 0.25) is 5.91 Å². The molecule has 0 N–H and O–H groups in total. The Hall–Kier alpha value is -2.63. The van der Waals surface area contributed by atoms with Crippen LogP contribution in [0.1, 0.15) is 30.5 Å². The Labute approximate surface area is 139 Å². The predicted molar refractivity (Wildman–Crippen MR) is 89.6 cm³/mol. The maximum Gasteiger partial charge on any atom is 0.242 e. The first-order valence-corrected chi connectivity index (χ1v) is 8.51. The minimum atomic E-state index is 0.162. The minimum absolute atomic E-state index is 0.162. The quantitative estimate of drug-likeness (QED) is 0.740. The van der Waals surface area contributed by atoms with E-state index < -0.39 is 0 Å². The molecule has 1 amide bonds. The molecule has 0 unspecified atom stereocenters. The highest BCUT2D eigenvalue weighted by molar-refractivity contribution is 5.83. The Morgan fingerprint density at radius 3 is 2.83 bits per heavy atom. The Morgan fingerprint density at radius 2 is 2.00 bits per heavy atom. The van der Waals surface area contributed by atoms with Crippen LogP contribution in [0.15, 0.2) is 42.7 Å². The third-order valence-corrected chi connectivity index (χ3v) is 5.10. The zero-order valence-electron chi connectivity index (χ0n) is 13.4. The lowest BCUT2D eigenvalue weighted by Crippen LogP contribution is -2.51. The van der Waals surface area contributed by atoms with Crippen LogP contribution < -0.4 is 0 Å². The topological polar surface area (TPSA) is 56.0 Å². The maximum atomic E-state index is 12.5. The van der Waals surface area contributed by atoms with Crippen LogP contribution >= 0.6 is 0 Å². The van der Waals surface area contributed by atoms with Gasteiger partial charge in [-0.2, -0.15) is 0 Å². The second kappa shape index (κ2) is 5.19. The largest absolute Gasteiger partial charge is 0.338 e. The summed E-state index contributed by atoms with van der Waals surface area (Å²) in [5, 5.41) is 9.65. The Kier molecular flexibility index (Phi) is 2.98. The van der Waals surface area contributed by atoms with Gasteiger partial charge in [-0.15, -0.1) is 5.10 Å². The summed E-state index contributed by atoms with van der Waals surface area (Å²) in [6, 6.07) is 10.5. The van der Waals surface area contributed by atoms with Gasteiger partial charge < -0.3 is 9.47 Å². The number of para-hydroxylation sites is 1. The van der Waals surface area contributed by atoms with Crippen LogP contribution in [-0.2, 0) is 11.3 Å². The van der Waals surface area contributed by atoms with Crippen LogP contribution in [0.3, 0.4) is 0 Å². The minimum Gasteiger partial charge on any atom is -0.338 e. The van der Waals surface area contributed by atoms with E-state index in [0.717, 1.165) is 24.3 Å². The van der Waals surface area contributed by atoms with Crippen molar-refractivity contribution in [2.45, 2.75) is 31.3 Å². The molecule has 2 aromatic heterocycles. The zero-order valence-corrected chi connectivity index (χ0v) is 13.4. The van der Waals surface area contributed by atoms with Crippen LogP contribution in [0, 0.1) is 0 Å². The predicted octanol–water partition coefficient (Wildman–Crippen LogP) is 2.19. The number of carbonyl (C=O) groups is 1. The summed E-state index contributed by atoms with van der Waals surface area (Å²) in [4.78, 5) is 14.4. The number of fused-ring (bicyclic) bond motifs is 1. The van der Waals surface area contributed by atoms with Crippen LogP contribution in [0.5, 0.6) is 0 Å². The van der Waals surface area contributed by atoms with Gasteiger partial charge in [0, 0.05) is 36.9 Å². The number of amides is 1. The Bertz CT molecular complexity index is 901. The van der Waals surface area contributed by atoms with Gasteiger partial charge in [0.1, 0.15) is 6.54 Å². The molecule has 6 heteroatoms. The van der Waals surface area contributed by atoms with Gasteiger partial charge in [0.15, 0.2) is 0 Å². The molecule has 0 radical (unpaired) electrons. The maximum absolute atomic E-state index is 12.5. The average Bonchev–Trinajstić information content (AvgIpc) is 3.16. The molecule has 0 atom stereocenters. The molecule has 2 aliphatic rings. The number of rotatable bonds is 4. The number of carbonyl (C=O) groups excluding carboxylic acids is 1. The Morgan fingerprint density at radius 1 is 1.17 bits per heavy atom. The fraction of sp³-hybridized carbons (Fsp3) is 0.389. The number of hydrogen-bond donors (Lipinski definition) is 0. The Balaban J connectivity index is 1.23. The molecular formula is C18H19N5O. The molecule has 0 spiro atoms. The van der Waals surface area contributed by atoms with E-state index in [1.54, 1.807) is 0 Å². The van der Waals surface area contributed by atoms with Crippen molar-refractivity contribution >= 4 is 16.8 Å². The molecule has 122 valence electrons. The SMILES string of the molecule is O=C(Cn1ccc2ccccc21)N1CC(n2cc(C3CC3)nn2)C1. The molecular weight excluding hydrogens is 302 g/mol. The van der Waals surface area contributed by atoms with E-state index in [1.165, 1.54) is 18.2 Å². The molecule has 24 heavy (non-hydrogen) atoms. The summed E-state index contributed by atoms with van der Waals surface area (Å²) < 4.78 is 3.95. The fourth-order valence-electron chi connectivity index (χ4n) is 3.39. The van der Waals surface area contributed by atoms with Crippen molar-refractivity contribution in [1.29, 1.82) is 0 Å². The van der Waals surface area contributed by atoms with Crippen molar-refractivity contribution in [3.8, 4) is 0 Å². The summed E-state index contributed by atoms with van der Waals surface area (Å²) in [6.07, 6.45) is 6.51. The van der Waals surface area contributed by atoms with Crippen molar-refractivity contribution in [2.75, 3.05) is 13.1 Å². The highest BCUT2D eigenvalue weighted by Gasteiger charge is 2.34. The summed E-state index contributed by atoms with van der Waals surface area (Å²) in [5.74, 6) is 0.786. The molecule has 1 aliphatic carbocycles. The lowest BCUT2D eigenvalue weighted by atomic mass is 10.1. The standard InChI is InChI=1S/C18H19N5O/c24-18(12-21-8-7-14-3-1-2-4-17(14)21)22-9-15(10-22)23-11-16(19-20-23)13-5-6-13/h1-4,7-8,11,13,15H,5-6,9-10,12H2. The average molecular weight is 321 g/mol. The van der Waals surface area contributed by atoms with Crippen molar-refractivity contribution in [2.24, 2.45) is 0 Å². The van der Waals surface area contributed by atoms with E-state index in [1.807, 2.05) is 32.5 Å². The van der Waals surface area contributed by atoms with E-state index in [9.17, 15) is 4.79 Å². The van der Waals surface area contributed by atoms with E-state index in [0.29, 0.717) is 12.5 Å². The molecule has 6 nitrogen and oxygen atoms in total. The molecule has 5 rings (SSSR count). The number of nitrogens with zero attached hydrogens (tertiary/aromatic N) is 5. The van der Waals surface area contributed by atoms with E-state index in [-0.39, 0.29) is 11.9 Å². The number of hydrogen-bond acceptors (Lipinski definition) is 3. The third kappa shape index (κ3) is 2.29. The van der Waals surface area contributed by atoms with Crippen LogP contribution in [-0.4, -0.2) is 43.5 Å². The van der Waals surface area contributed by atoms with Gasteiger partial charge in [-0.25, -0.2) is 4.68 Å². The smallest absolute Gasteiger partial charge is 0.242 e. The first-order chi connectivity index (χ1) is 11.8. The molecule has 1 aliphatic heterocycles. The van der Waals surface area contributed by atoms with Gasteiger partial charge in [0.05, 0.1) is 11.7 Å². The third-order valence-electron chi connectivity index (χ3n) is 5.10. The normalized spacial score (nSPS) is 18.1. The summed E-state index contributed by atoms with van der Waals surface area (Å²) in [7, 11) is 0. The van der Waals surface area contributed by atoms with Gasteiger partial charge in [0.25, 0.3) is 0 Å². The molecule has 3 heterocycles. The van der Waals surface area contributed by atoms with Crippen LogP contribution in [0.4, 0.5) is 0 Å². The molecule has 1 saturated carbocycles. The van der Waals surface area contributed by atoms with E-state index in [2.05, 4.69) is 34.7 Å². The number of aromatic nitrogens is 4. The van der Waals surface area contributed by atoms with E-state index >= 15 is 0 Å². The van der Waals surface area contributed by atoms with E-state index in [4.69, 9.17) is 0 Å². The summed E-state index contributed by atoms with van der Waals surface area (Å²) in [6.45, 7) is 1.85. The van der Waals surface area contributed by atoms with Gasteiger partial charge >= 0.3 is 0 Å². The summed E-state index contributed by atoms with van der Waals surface area (Å²) >= 11 is 0. The molecule has 1 saturated heterocycles. The molecule has 0 bridgehead atoms. The second-order valence-corrected chi connectivity index (χ2v) is 6.85. The monoisotopic (exact) mass is 321 g/mol. The van der Waals surface area contributed by atoms with Crippen LogP contribution in [0.2, 0.25) is 0 Å². The lowest BCUT2D eigenvalue weighted by molar-refractivity contribution is -0.137. The first-order valence-electron chi connectivity index (χ1n) is 8.51. The second-order valence-electron chi connectivity index (χ2n) is 6.85. The number of likely N-dealkylation sites (tertiary alicyclic amines) is 1. The van der Waals surface area contributed by atoms with Gasteiger partial charge in [-0.3, -0.25) is 4.79 Å². The lowest BCUT2D eigenvalue weighted by Gasteiger charge is -2.39. The first kappa shape index (κ1) is 13.8.